The predicted octanol–water partition coefficient (Wildman–Crippen LogP) is 2.29. The number of hydrogen-bond donors (Lipinski definition) is 1. The highest BCUT2D eigenvalue weighted by Crippen LogP contribution is 2.35. The van der Waals surface area contributed by atoms with E-state index in [1.165, 1.54) is 4.90 Å². The Morgan fingerprint density at radius 3 is 3.18 bits per heavy atom. The number of hydrogen-bond acceptors (Lipinski definition) is 4. The lowest BCUT2D eigenvalue weighted by atomic mass is 10.2. The van der Waals surface area contributed by atoms with Gasteiger partial charge in [0.25, 0.3) is 0 Å². The quantitative estimate of drug-likeness (QED) is 0.818. The minimum absolute atomic E-state index is 0.0479. The number of nitrogens with two attached hydrogens (primary N) is 1. The maximum Gasteiger partial charge on any atom is 0.133 e. The molecule has 94 valence electrons. The zero-order valence-corrected chi connectivity index (χ0v) is 10.9. The van der Waals surface area contributed by atoms with Crippen LogP contribution in [-0.4, -0.2) is 31.1 Å². The summed E-state index contributed by atoms with van der Waals surface area (Å²) in [5.41, 5.74) is 6.08. The summed E-state index contributed by atoms with van der Waals surface area (Å²) in [5.74, 6) is 1.84. The first-order chi connectivity index (χ1) is 8.31. The van der Waals surface area contributed by atoms with Crippen molar-refractivity contribution < 1.29 is 9.47 Å². The molecule has 0 spiro atoms. The van der Waals surface area contributed by atoms with E-state index in [2.05, 4.69) is 13.0 Å². The van der Waals surface area contributed by atoms with E-state index in [9.17, 15) is 0 Å². The summed E-state index contributed by atoms with van der Waals surface area (Å²) in [6.07, 6.45) is 1.07. The van der Waals surface area contributed by atoms with E-state index in [-0.39, 0.29) is 12.1 Å². The molecule has 2 unspecified atom stereocenters. The smallest absolute Gasteiger partial charge is 0.133 e. The molecule has 2 rings (SSSR count). The average molecular weight is 253 g/mol. The Morgan fingerprint density at radius 1 is 1.53 bits per heavy atom. The van der Waals surface area contributed by atoms with Crippen LogP contribution < -0.4 is 10.5 Å². The largest absolute Gasteiger partial charge is 0.487 e. The van der Waals surface area contributed by atoms with Gasteiger partial charge in [-0.3, -0.25) is 0 Å². The molecule has 0 aromatic heterocycles. The number of para-hydroxylation sites is 1. The minimum atomic E-state index is -0.0533. The van der Waals surface area contributed by atoms with Crippen molar-refractivity contribution in [3.05, 3.63) is 24.3 Å². The van der Waals surface area contributed by atoms with Crippen molar-refractivity contribution in [2.24, 2.45) is 5.73 Å². The number of fused-ring (bicyclic) bond motifs is 1. The molecule has 0 saturated carbocycles. The highest BCUT2D eigenvalue weighted by Gasteiger charge is 2.25. The average Bonchev–Trinajstić information content (AvgIpc) is 2.38. The van der Waals surface area contributed by atoms with Crippen molar-refractivity contribution in [2.75, 3.05) is 19.0 Å². The van der Waals surface area contributed by atoms with Crippen LogP contribution in [0.2, 0.25) is 0 Å². The number of thioether (sulfide) groups is 1. The fourth-order valence-electron chi connectivity index (χ4n) is 1.72. The third-order valence-electron chi connectivity index (χ3n) is 2.67. The molecule has 3 nitrogen and oxygen atoms in total. The second-order valence-corrected chi connectivity index (χ2v) is 5.21. The Bertz CT molecular complexity index is 359. The van der Waals surface area contributed by atoms with Gasteiger partial charge >= 0.3 is 0 Å². The summed E-state index contributed by atoms with van der Waals surface area (Å²) >= 11 is 1.80. The van der Waals surface area contributed by atoms with Crippen LogP contribution in [0.3, 0.4) is 0 Å². The number of rotatable bonds is 5. The molecule has 1 aliphatic rings. The Kier molecular flexibility index (Phi) is 4.71. The maximum absolute atomic E-state index is 6.08. The Labute approximate surface area is 107 Å². The molecule has 1 aliphatic heterocycles. The van der Waals surface area contributed by atoms with E-state index in [1.54, 1.807) is 11.8 Å². The van der Waals surface area contributed by atoms with E-state index in [4.69, 9.17) is 15.2 Å². The van der Waals surface area contributed by atoms with Gasteiger partial charge in [0.15, 0.2) is 0 Å². The Balaban J connectivity index is 1.88. The van der Waals surface area contributed by atoms with Gasteiger partial charge in [0.1, 0.15) is 11.9 Å². The van der Waals surface area contributed by atoms with Crippen molar-refractivity contribution in [1.82, 2.24) is 0 Å². The molecule has 0 radical (unpaired) electrons. The van der Waals surface area contributed by atoms with Crippen molar-refractivity contribution >= 4 is 11.8 Å². The van der Waals surface area contributed by atoms with E-state index in [1.807, 2.05) is 18.2 Å². The van der Waals surface area contributed by atoms with Crippen LogP contribution in [0.15, 0.2) is 29.2 Å². The van der Waals surface area contributed by atoms with Crippen molar-refractivity contribution in [2.45, 2.75) is 30.4 Å². The standard InChI is InChI=1S/C13H19NO2S/c1-2-7-15-8-10(14)12-9-17-13-6-4-3-5-11(13)16-12/h3-6,10,12H,2,7-9,14H2,1H3. The Morgan fingerprint density at radius 2 is 2.35 bits per heavy atom. The molecule has 0 saturated heterocycles. The number of ether oxygens (including phenoxy) is 2. The lowest BCUT2D eigenvalue weighted by Crippen LogP contribution is -2.45. The van der Waals surface area contributed by atoms with E-state index in [0.29, 0.717) is 6.61 Å². The first-order valence-electron chi connectivity index (χ1n) is 6.03. The van der Waals surface area contributed by atoms with Crippen LogP contribution in [0.5, 0.6) is 5.75 Å². The van der Waals surface area contributed by atoms with Gasteiger partial charge in [-0.25, -0.2) is 0 Å². The zero-order valence-electron chi connectivity index (χ0n) is 10.1. The second kappa shape index (κ2) is 6.28. The first-order valence-corrected chi connectivity index (χ1v) is 7.01. The summed E-state index contributed by atoms with van der Waals surface area (Å²) in [5, 5.41) is 0. The van der Waals surface area contributed by atoms with Crippen LogP contribution in [0, 0.1) is 0 Å². The first kappa shape index (κ1) is 12.7. The SMILES string of the molecule is CCCOCC(N)C1CSc2ccccc2O1. The normalized spacial score (nSPS) is 20.5. The minimum Gasteiger partial charge on any atom is -0.487 e. The predicted molar refractivity (Wildman–Crippen MR) is 70.7 cm³/mol. The number of benzene rings is 1. The van der Waals surface area contributed by atoms with Crippen LogP contribution >= 0.6 is 11.8 Å². The third kappa shape index (κ3) is 3.37. The molecule has 0 bridgehead atoms. The van der Waals surface area contributed by atoms with Crippen LogP contribution in [-0.2, 0) is 4.74 Å². The van der Waals surface area contributed by atoms with Gasteiger partial charge < -0.3 is 15.2 Å². The highest BCUT2D eigenvalue weighted by atomic mass is 32.2. The summed E-state index contributed by atoms with van der Waals surface area (Å²) < 4.78 is 11.4. The molecule has 1 aromatic carbocycles. The van der Waals surface area contributed by atoms with Crippen molar-refractivity contribution in [1.29, 1.82) is 0 Å². The maximum atomic E-state index is 6.08. The van der Waals surface area contributed by atoms with Crippen LogP contribution in [0.1, 0.15) is 13.3 Å². The summed E-state index contributed by atoms with van der Waals surface area (Å²) in [4.78, 5) is 1.20. The van der Waals surface area contributed by atoms with E-state index < -0.39 is 0 Å². The molecular formula is C13H19NO2S. The fourth-order valence-corrected chi connectivity index (χ4v) is 2.81. The molecular weight excluding hydrogens is 234 g/mol. The van der Waals surface area contributed by atoms with Gasteiger partial charge in [-0.15, -0.1) is 11.8 Å². The van der Waals surface area contributed by atoms with E-state index >= 15 is 0 Å². The van der Waals surface area contributed by atoms with E-state index in [0.717, 1.165) is 24.5 Å². The topological polar surface area (TPSA) is 44.5 Å². The summed E-state index contributed by atoms with van der Waals surface area (Å²) in [7, 11) is 0. The highest BCUT2D eigenvalue weighted by molar-refractivity contribution is 7.99. The summed E-state index contributed by atoms with van der Waals surface area (Å²) in [6, 6.07) is 8.03. The molecule has 17 heavy (non-hydrogen) atoms. The monoisotopic (exact) mass is 253 g/mol. The molecule has 1 aromatic rings. The molecule has 2 N–H and O–H groups in total. The molecule has 0 aliphatic carbocycles. The van der Waals surface area contributed by atoms with Gasteiger partial charge in [-0.2, -0.15) is 0 Å². The summed E-state index contributed by atoms with van der Waals surface area (Å²) in [6.45, 7) is 3.43. The van der Waals surface area contributed by atoms with Gasteiger partial charge in [-0.1, -0.05) is 19.1 Å². The van der Waals surface area contributed by atoms with Crippen LogP contribution in [0.4, 0.5) is 0 Å². The molecule has 2 atom stereocenters. The Hall–Kier alpha value is -0.710. The zero-order chi connectivity index (χ0) is 12.1. The van der Waals surface area contributed by atoms with Gasteiger partial charge in [0.2, 0.25) is 0 Å². The van der Waals surface area contributed by atoms with Crippen molar-refractivity contribution in [3.63, 3.8) is 0 Å². The molecule has 4 heteroatoms. The van der Waals surface area contributed by atoms with Crippen molar-refractivity contribution in [3.8, 4) is 5.75 Å². The lowest BCUT2D eigenvalue weighted by molar-refractivity contribution is 0.0795. The second-order valence-electron chi connectivity index (χ2n) is 4.15. The molecule has 0 fully saturated rings. The third-order valence-corrected chi connectivity index (χ3v) is 3.81. The van der Waals surface area contributed by atoms with Gasteiger partial charge in [0.05, 0.1) is 12.6 Å². The van der Waals surface area contributed by atoms with Gasteiger partial charge in [0, 0.05) is 17.3 Å². The van der Waals surface area contributed by atoms with Gasteiger partial charge in [-0.05, 0) is 18.6 Å². The fraction of sp³-hybridized carbons (Fsp3) is 0.538. The molecule has 0 amide bonds. The van der Waals surface area contributed by atoms with Crippen LogP contribution in [0.25, 0.3) is 0 Å². The lowest BCUT2D eigenvalue weighted by Gasteiger charge is -2.29. The molecule has 1 heterocycles.